The second-order valence-electron chi connectivity index (χ2n) is 7.29. The van der Waals surface area contributed by atoms with Crippen LogP contribution in [-0.2, 0) is 16.1 Å². The number of hydrogen-bond donors (Lipinski definition) is 2. The first-order chi connectivity index (χ1) is 12.1. The first-order valence-electron chi connectivity index (χ1n) is 9.17. The van der Waals surface area contributed by atoms with Crippen LogP contribution in [0.15, 0.2) is 24.3 Å². The topological polar surface area (TPSA) is 67.6 Å². The van der Waals surface area contributed by atoms with Crippen molar-refractivity contribution in [1.29, 1.82) is 0 Å². The molecule has 0 unspecified atom stereocenters. The number of likely N-dealkylation sites (tertiary alicyclic amines) is 1. The van der Waals surface area contributed by atoms with Crippen LogP contribution in [0.1, 0.15) is 31.2 Å². The van der Waals surface area contributed by atoms with Crippen molar-refractivity contribution in [2.75, 3.05) is 32.8 Å². The van der Waals surface area contributed by atoms with Gasteiger partial charge in [-0.1, -0.05) is 29.8 Å². The number of amides is 1. The lowest BCUT2D eigenvalue weighted by molar-refractivity contribution is -0.130. The van der Waals surface area contributed by atoms with Crippen molar-refractivity contribution < 1.29 is 9.53 Å². The van der Waals surface area contributed by atoms with E-state index in [0.717, 1.165) is 44.0 Å². The monoisotopic (exact) mass is 437 g/mol. The molecule has 2 fully saturated rings. The average Bonchev–Trinajstić information content (AvgIpc) is 2.63. The quantitative estimate of drug-likeness (QED) is 0.741. The van der Waals surface area contributed by atoms with Crippen LogP contribution in [0.5, 0.6) is 0 Å². The molecule has 2 aliphatic rings. The first-order valence-corrected chi connectivity index (χ1v) is 9.55. The number of hydrogen-bond acceptors (Lipinski definition) is 4. The van der Waals surface area contributed by atoms with Crippen molar-refractivity contribution >= 4 is 42.3 Å². The van der Waals surface area contributed by atoms with E-state index in [9.17, 15) is 4.79 Å². The lowest BCUT2D eigenvalue weighted by atomic mass is 9.89. The molecule has 0 atom stereocenters. The highest BCUT2D eigenvalue weighted by atomic mass is 35.5. The lowest BCUT2D eigenvalue weighted by Gasteiger charge is -2.34. The van der Waals surface area contributed by atoms with Gasteiger partial charge in [0.1, 0.15) is 0 Å². The number of nitrogens with zero attached hydrogens (tertiary/aromatic N) is 1. The van der Waals surface area contributed by atoms with Gasteiger partial charge in [-0.15, -0.1) is 24.8 Å². The summed E-state index contributed by atoms with van der Waals surface area (Å²) in [6, 6.07) is 8.02. The summed E-state index contributed by atoms with van der Waals surface area (Å²) in [6.45, 7) is 4.83. The van der Waals surface area contributed by atoms with E-state index in [4.69, 9.17) is 22.1 Å². The zero-order chi connectivity index (χ0) is 17.7. The SMILES string of the molecule is Cl.Cl.NC1(C(=O)NCC2CCN(Cc3ccccc3Cl)CC2)CCOCC1. The van der Waals surface area contributed by atoms with Gasteiger partial charge in [0.2, 0.25) is 5.91 Å². The van der Waals surface area contributed by atoms with Crippen molar-refractivity contribution in [2.45, 2.75) is 37.8 Å². The molecule has 8 heteroatoms. The number of piperidine rings is 1. The van der Waals surface area contributed by atoms with Crippen LogP contribution in [0.25, 0.3) is 0 Å². The number of benzene rings is 1. The summed E-state index contributed by atoms with van der Waals surface area (Å²) in [5.41, 5.74) is 6.66. The summed E-state index contributed by atoms with van der Waals surface area (Å²) in [7, 11) is 0. The molecule has 154 valence electrons. The standard InChI is InChI=1S/C19H28ClN3O2.2ClH/c20-17-4-2-1-3-16(17)14-23-9-5-15(6-10-23)13-22-18(24)19(21)7-11-25-12-8-19;;/h1-4,15H,5-14,21H2,(H,22,24);2*1H. The van der Waals surface area contributed by atoms with E-state index >= 15 is 0 Å². The third kappa shape index (κ3) is 6.77. The van der Waals surface area contributed by atoms with Gasteiger partial charge in [-0.05, 0) is 56.3 Å². The second kappa shape index (κ2) is 11.4. The fraction of sp³-hybridized carbons (Fsp3) is 0.632. The summed E-state index contributed by atoms with van der Waals surface area (Å²) in [5, 5.41) is 3.91. The predicted octanol–water partition coefficient (Wildman–Crippen LogP) is 3.02. The largest absolute Gasteiger partial charge is 0.381 e. The van der Waals surface area contributed by atoms with Crippen LogP contribution < -0.4 is 11.1 Å². The van der Waals surface area contributed by atoms with Crippen LogP contribution in [0, 0.1) is 5.92 Å². The Morgan fingerprint density at radius 1 is 1.22 bits per heavy atom. The molecule has 2 heterocycles. The third-order valence-corrected chi connectivity index (χ3v) is 5.82. The van der Waals surface area contributed by atoms with E-state index in [1.54, 1.807) is 0 Å². The molecule has 27 heavy (non-hydrogen) atoms. The van der Waals surface area contributed by atoms with Gasteiger partial charge in [0.05, 0.1) is 5.54 Å². The van der Waals surface area contributed by atoms with E-state index in [-0.39, 0.29) is 30.7 Å². The molecule has 0 aliphatic carbocycles. The van der Waals surface area contributed by atoms with Crippen LogP contribution in [0.3, 0.4) is 0 Å². The Hall–Kier alpha value is -0.560. The highest BCUT2D eigenvalue weighted by Crippen LogP contribution is 2.23. The van der Waals surface area contributed by atoms with Gasteiger partial charge in [-0.3, -0.25) is 9.69 Å². The van der Waals surface area contributed by atoms with Gasteiger partial charge >= 0.3 is 0 Å². The van der Waals surface area contributed by atoms with Gasteiger partial charge in [0.15, 0.2) is 0 Å². The van der Waals surface area contributed by atoms with Gasteiger partial charge in [-0.2, -0.15) is 0 Å². The lowest BCUT2D eigenvalue weighted by Crippen LogP contribution is -2.57. The summed E-state index contributed by atoms with van der Waals surface area (Å²) in [4.78, 5) is 14.8. The number of carbonyl (C=O) groups is 1. The van der Waals surface area contributed by atoms with Crippen molar-refractivity contribution in [3.63, 3.8) is 0 Å². The molecule has 3 rings (SSSR count). The van der Waals surface area contributed by atoms with Crippen molar-refractivity contribution in [3.05, 3.63) is 34.9 Å². The molecule has 0 radical (unpaired) electrons. The molecule has 0 bridgehead atoms. The van der Waals surface area contributed by atoms with Gasteiger partial charge < -0.3 is 15.8 Å². The maximum absolute atomic E-state index is 12.4. The number of nitrogens with two attached hydrogens (primary N) is 1. The molecule has 2 aliphatic heterocycles. The van der Waals surface area contributed by atoms with E-state index in [0.29, 0.717) is 32.0 Å². The van der Waals surface area contributed by atoms with Gasteiger partial charge in [0.25, 0.3) is 0 Å². The second-order valence-corrected chi connectivity index (χ2v) is 7.70. The number of halogens is 3. The Morgan fingerprint density at radius 2 is 1.85 bits per heavy atom. The van der Waals surface area contributed by atoms with Gasteiger partial charge in [0, 0.05) is 31.3 Å². The molecule has 3 N–H and O–H groups in total. The summed E-state index contributed by atoms with van der Waals surface area (Å²) < 4.78 is 5.30. The van der Waals surface area contributed by atoms with E-state index < -0.39 is 5.54 Å². The Kier molecular flexibility index (Phi) is 10.4. The minimum Gasteiger partial charge on any atom is -0.381 e. The maximum Gasteiger partial charge on any atom is 0.240 e. The summed E-state index contributed by atoms with van der Waals surface area (Å²) in [5.74, 6) is 0.504. The molecule has 1 aromatic rings. The Bertz CT molecular complexity index is 589. The predicted molar refractivity (Wildman–Crippen MR) is 114 cm³/mol. The van der Waals surface area contributed by atoms with Crippen molar-refractivity contribution in [1.82, 2.24) is 10.2 Å². The molecule has 0 spiro atoms. The highest BCUT2D eigenvalue weighted by molar-refractivity contribution is 6.31. The van der Waals surface area contributed by atoms with Crippen LogP contribution in [0.2, 0.25) is 5.02 Å². The zero-order valence-corrected chi connectivity index (χ0v) is 17.9. The molecule has 5 nitrogen and oxygen atoms in total. The normalized spacial score (nSPS) is 20.2. The summed E-state index contributed by atoms with van der Waals surface area (Å²) in [6.07, 6.45) is 3.39. The minimum absolute atomic E-state index is 0. The Balaban J connectivity index is 0.00000182. The van der Waals surface area contributed by atoms with Gasteiger partial charge in [-0.25, -0.2) is 0 Å². The number of ether oxygens (including phenoxy) is 1. The molecule has 2 saturated heterocycles. The third-order valence-electron chi connectivity index (χ3n) is 5.45. The van der Waals surface area contributed by atoms with Crippen molar-refractivity contribution in [2.24, 2.45) is 11.7 Å². The minimum atomic E-state index is -0.747. The Labute approximate surface area is 179 Å². The first kappa shape index (κ1) is 24.5. The molecule has 0 saturated carbocycles. The molecular formula is C19H30Cl3N3O2. The molecule has 1 aromatic carbocycles. The fourth-order valence-electron chi connectivity index (χ4n) is 3.59. The Morgan fingerprint density at radius 3 is 2.48 bits per heavy atom. The smallest absolute Gasteiger partial charge is 0.240 e. The van der Waals surface area contributed by atoms with E-state index in [1.807, 2.05) is 18.2 Å². The van der Waals surface area contributed by atoms with Crippen molar-refractivity contribution in [3.8, 4) is 0 Å². The number of nitrogens with one attached hydrogen (secondary N) is 1. The molecule has 1 amide bonds. The fourth-order valence-corrected chi connectivity index (χ4v) is 3.79. The number of rotatable bonds is 5. The summed E-state index contributed by atoms with van der Waals surface area (Å²) >= 11 is 6.25. The van der Waals surface area contributed by atoms with Crippen LogP contribution in [-0.4, -0.2) is 49.2 Å². The maximum atomic E-state index is 12.4. The number of carbonyl (C=O) groups excluding carboxylic acids is 1. The highest BCUT2D eigenvalue weighted by Gasteiger charge is 2.36. The molecular weight excluding hydrogens is 409 g/mol. The van der Waals surface area contributed by atoms with Crippen LogP contribution >= 0.6 is 36.4 Å². The average molecular weight is 439 g/mol. The zero-order valence-electron chi connectivity index (χ0n) is 15.5. The van der Waals surface area contributed by atoms with E-state index in [2.05, 4.69) is 16.3 Å². The van der Waals surface area contributed by atoms with Crippen LogP contribution in [0.4, 0.5) is 0 Å². The molecule has 0 aromatic heterocycles. The van der Waals surface area contributed by atoms with E-state index in [1.165, 1.54) is 5.56 Å².